The highest BCUT2D eigenvalue weighted by Gasteiger charge is 2.35. The van der Waals surface area contributed by atoms with E-state index in [-0.39, 0.29) is 29.6 Å². The molecule has 9 heteroatoms. The van der Waals surface area contributed by atoms with Crippen LogP contribution >= 0.6 is 0 Å². The second kappa shape index (κ2) is 12.2. The standard InChI is InChI=1S/C25H36N2O6S/c1-19-8-10-23(11-9-19)20(2)33-22(4)26-21(3)27(34(6,29)30)15-7-12-25(18-24(28)31-5)13-16-32-17-14-25/h8-11H,2,4,7,12-18H2,1,3,5-6H3. The van der Waals surface area contributed by atoms with Crippen LogP contribution < -0.4 is 0 Å². The predicted molar refractivity (Wildman–Crippen MR) is 133 cm³/mol. The van der Waals surface area contributed by atoms with Crippen molar-refractivity contribution in [2.24, 2.45) is 10.4 Å². The van der Waals surface area contributed by atoms with Gasteiger partial charge in [-0.15, -0.1) is 0 Å². The summed E-state index contributed by atoms with van der Waals surface area (Å²) in [6.45, 7) is 12.7. The van der Waals surface area contributed by atoms with Crippen molar-refractivity contribution in [1.29, 1.82) is 0 Å². The molecule has 0 atom stereocenters. The molecule has 0 spiro atoms. The molecule has 34 heavy (non-hydrogen) atoms. The Labute approximate surface area is 203 Å². The third-order valence-corrected chi connectivity index (χ3v) is 7.28. The number of rotatable bonds is 11. The van der Waals surface area contributed by atoms with Crippen LogP contribution in [0.2, 0.25) is 0 Å². The minimum absolute atomic E-state index is 0.0447. The first-order chi connectivity index (χ1) is 16.0. The second-order valence-electron chi connectivity index (χ2n) is 8.75. The fraction of sp³-hybridized carbons (Fsp3) is 0.520. The molecule has 188 valence electrons. The maximum absolute atomic E-state index is 12.5. The first-order valence-corrected chi connectivity index (χ1v) is 13.1. The van der Waals surface area contributed by atoms with E-state index in [1.165, 1.54) is 11.4 Å². The molecule has 1 saturated heterocycles. The van der Waals surface area contributed by atoms with Gasteiger partial charge in [-0.05, 0) is 51.5 Å². The van der Waals surface area contributed by atoms with Crippen LogP contribution in [0.3, 0.4) is 0 Å². The van der Waals surface area contributed by atoms with Crippen LogP contribution in [0.4, 0.5) is 0 Å². The average molecular weight is 493 g/mol. The van der Waals surface area contributed by atoms with E-state index in [0.29, 0.717) is 38.2 Å². The molecule has 1 aromatic rings. The quantitative estimate of drug-likeness (QED) is 0.198. The second-order valence-corrected chi connectivity index (χ2v) is 10.7. The lowest BCUT2D eigenvalue weighted by atomic mass is 9.74. The Morgan fingerprint density at radius 1 is 1.21 bits per heavy atom. The van der Waals surface area contributed by atoms with Gasteiger partial charge in [0, 0.05) is 25.3 Å². The Bertz CT molecular complexity index is 1010. The van der Waals surface area contributed by atoms with Crippen molar-refractivity contribution in [2.45, 2.75) is 46.0 Å². The molecule has 0 radical (unpaired) electrons. The van der Waals surface area contributed by atoms with Gasteiger partial charge in [0.25, 0.3) is 0 Å². The van der Waals surface area contributed by atoms with E-state index < -0.39 is 10.0 Å². The lowest BCUT2D eigenvalue weighted by Gasteiger charge is -2.37. The summed E-state index contributed by atoms with van der Waals surface area (Å²) < 4.78 is 42.2. The SMILES string of the molecule is C=C(N=C(C)N(CCCC1(CC(=O)OC)CCOCC1)S(C)(=O)=O)OC(=C)c1ccc(C)cc1. The number of hydrogen-bond acceptors (Lipinski definition) is 7. The van der Waals surface area contributed by atoms with Crippen LogP contribution in [-0.4, -0.2) is 57.7 Å². The van der Waals surface area contributed by atoms with Gasteiger partial charge in [0.15, 0.2) is 0 Å². The van der Waals surface area contributed by atoms with E-state index in [0.717, 1.165) is 30.2 Å². The number of amidine groups is 1. The highest BCUT2D eigenvalue weighted by Crippen LogP contribution is 2.39. The largest absolute Gasteiger partial charge is 0.469 e. The van der Waals surface area contributed by atoms with Gasteiger partial charge in [0.1, 0.15) is 11.6 Å². The van der Waals surface area contributed by atoms with Crippen molar-refractivity contribution in [2.75, 3.05) is 33.1 Å². The zero-order chi connectivity index (χ0) is 25.4. The molecule has 8 nitrogen and oxygen atoms in total. The highest BCUT2D eigenvalue weighted by molar-refractivity contribution is 7.88. The molecule has 0 N–H and O–H groups in total. The third-order valence-electron chi connectivity index (χ3n) is 6.03. The molecule has 1 aliphatic rings. The van der Waals surface area contributed by atoms with E-state index in [9.17, 15) is 13.2 Å². The summed E-state index contributed by atoms with van der Waals surface area (Å²) in [4.78, 5) is 16.2. The van der Waals surface area contributed by atoms with Crippen LogP contribution in [0.25, 0.3) is 5.76 Å². The molecule has 1 aliphatic heterocycles. The summed E-state index contributed by atoms with van der Waals surface area (Å²) in [7, 11) is -2.20. The van der Waals surface area contributed by atoms with Crippen LogP contribution in [0.1, 0.15) is 50.2 Å². The van der Waals surface area contributed by atoms with Crippen molar-refractivity contribution < 1.29 is 27.4 Å². The zero-order valence-corrected chi connectivity index (χ0v) is 21.4. The number of esters is 1. The minimum Gasteiger partial charge on any atom is -0.469 e. The summed E-state index contributed by atoms with van der Waals surface area (Å²) in [6.07, 6.45) is 4.14. The van der Waals surface area contributed by atoms with Gasteiger partial charge < -0.3 is 14.2 Å². The molecule has 1 fully saturated rings. The number of aliphatic imine (C=N–C) groups is 1. The fourth-order valence-corrected chi connectivity index (χ4v) is 5.04. The smallest absolute Gasteiger partial charge is 0.306 e. The molecule has 1 aromatic carbocycles. The van der Waals surface area contributed by atoms with Gasteiger partial charge in [-0.2, -0.15) is 0 Å². The Hall–Kier alpha value is -2.65. The minimum atomic E-state index is -3.58. The number of hydrogen-bond donors (Lipinski definition) is 0. The van der Waals surface area contributed by atoms with Gasteiger partial charge in [-0.3, -0.25) is 9.10 Å². The monoisotopic (exact) mass is 492 g/mol. The van der Waals surface area contributed by atoms with Crippen molar-refractivity contribution in [1.82, 2.24) is 4.31 Å². The van der Waals surface area contributed by atoms with E-state index in [1.54, 1.807) is 6.92 Å². The van der Waals surface area contributed by atoms with E-state index in [2.05, 4.69) is 18.2 Å². The average Bonchev–Trinajstić information content (AvgIpc) is 2.76. The molecule has 0 unspecified atom stereocenters. The predicted octanol–water partition coefficient (Wildman–Crippen LogP) is 4.27. The topological polar surface area (TPSA) is 94.5 Å². The molecule has 0 aliphatic carbocycles. The third kappa shape index (κ3) is 8.29. The van der Waals surface area contributed by atoms with E-state index in [4.69, 9.17) is 14.2 Å². The molecule has 0 amide bonds. The lowest BCUT2D eigenvalue weighted by molar-refractivity contribution is -0.145. The molecule has 0 aromatic heterocycles. The Morgan fingerprint density at radius 3 is 2.38 bits per heavy atom. The molecule has 0 saturated carbocycles. The highest BCUT2D eigenvalue weighted by atomic mass is 32.2. The zero-order valence-electron chi connectivity index (χ0n) is 20.6. The van der Waals surface area contributed by atoms with Gasteiger partial charge in [0.05, 0.1) is 19.8 Å². The first kappa shape index (κ1) is 27.6. The van der Waals surface area contributed by atoms with E-state index in [1.807, 2.05) is 31.2 Å². The summed E-state index contributed by atoms with van der Waals surface area (Å²) in [5, 5.41) is 0. The van der Waals surface area contributed by atoms with Gasteiger partial charge in [0.2, 0.25) is 15.9 Å². The summed E-state index contributed by atoms with van der Waals surface area (Å²) >= 11 is 0. The van der Waals surface area contributed by atoms with Crippen molar-refractivity contribution >= 4 is 27.6 Å². The number of sulfonamides is 1. The Morgan fingerprint density at radius 2 is 1.82 bits per heavy atom. The van der Waals surface area contributed by atoms with Crippen LogP contribution in [-0.2, 0) is 29.0 Å². The van der Waals surface area contributed by atoms with Crippen molar-refractivity contribution in [3.63, 3.8) is 0 Å². The number of carbonyl (C=O) groups excluding carboxylic acids is 1. The van der Waals surface area contributed by atoms with Crippen LogP contribution in [0.15, 0.2) is 48.3 Å². The number of methoxy groups -OCH3 is 1. The van der Waals surface area contributed by atoms with Gasteiger partial charge in [-0.1, -0.05) is 36.4 Å². The summed E-state index contributed by atoms with van der Waals surface area (Å²) in [5.74, 6) is 0.403. The van der Waals surface area contributed by atoms with Gasteiger partial charge in [-0.25, -0.2) is 13.4 Å². The van der Waals surface area contributed by atoms with Crippen LogP contribution in [0, 0.1) is 12.3 Å². The van der Waals surface area contributed by atoms with Crippen molar-refractivity contribution in [3.8, 4) is 0 Å². The fourth-order valence-electron chi connectivity index (χ4n) is 4.06. The Kier molecular flexibility index (Phi) is 9.88. The number of benzene rings is 1. The van der Waals surface area contributed by atoms with E-state index >= 15 is 0 Å². The number of carbonyl (C=O) groups is 1. The van der Waals surface area contributed by atoms with Crippen LogP contribution in [0.5, 0.6) is 0 Å². The van der Waals surface area contributed by atoms with Gasteiger partial charge >= 0.3 is 5.97 Å². The number of nitrogens with zero attached hydrogens (tertiary/aromatic N) is 2. The summed E-state index contributed by atoms with van der Waals surface area (Å²) in [6, 6.07) is 7.64. The molecular formula is C25H36N2O6S. The van der Waals surface area contributed by atoms with Crippen molar-refractivity contribution in [3.05, 3.63) is 54.4 Å². The molecule has 0 bridgehead atoms. The Balaban J connectivity index is 2.05. The number of aryl methyl sites for hydroxylation is 1. The summed E-state index contributed by atoms with van der Waals surface area (Å²) in [5.41, 5.74) is 1.65. The molecule has 1 heterocycles. The first-order valence-electron chi connectivity index (χ1n) is 11.3. The maximum atomic E-state index is 12.5. The molecule has 2 rings (SSSR count). The normalized spacial score (nSPS) is 15.9. The molecular weight excluding hydrogens is 456 g/mol. The number of ether oxygens (including phenoxy) is 3. The maximum Gasteiger partial charge on any atom is 0.306 e. The lowest BCUT2D eigenvalue weighted by Crippen LogP contribution is -2.37.